The fraction of sp³-hybridized carbons (Fsp3) is 0.353. The van der Waals surface area contributed by atoms with Crippen molar-refractivity contribution < 1.29 is 57.3 Å². The van der Waals surface area contributed by atoms with Crippen LogP contribution in [0.15, 0.2) is 24.3 Å². The van der Waals surface area contributed by atoms with Crippen molar-refractivity contribution >= 4 is 56.3 Å². The second-order valence-electron chi connectivity index (χ2n) is 11.7. The van der Waals surface area contributed by atoms with Crippen LogP contribution in [0.1, 0.15) is 98.1 Å². The Morgan fingerprint density at radius 1 is 0.689 bits per heavy atom. The van der Waals surface area contributed by atoms with E-state index in [2.05, 4.69) is 9.97 Å². The van der Waals surface area contributed by atoms with E-state index in [4.69, 9.17) is 9.97 Å². The monoisotopic (exact) mass is 712 g/mol. The molecule has 0 aliphatic carbocycles. The molecule has 0 amide bonds. The average Bonchev–Trinajstić information content (AvgIpc) is 3.59. The van der Waals surface area contributed by atoms with Gasteiger partial charge in [-0.15, -0.1) is 0 Å². The van der Waals surface area contributed by atoms with Crippen molar-refractivity contribution in [2.75, 3.05) is 0 Å². The maximum atomic E-state index is 11.6. The van der Waals surface area contributed by atoms with Gasteiger partial charge in [0.1, 0.15) is 0 Å². The molecule has 3 aromatic rings. The summed E-state index contributed by atoms with van der Waals surface area (Å²) in [5, 5.41) is 40.5. The van der Waals surface area contributed by atoms with E-state index in [-0.39, 0.29) is 53.0 Å². The predicted octanol–water partition coefficient (Wildman–Crippen LogP) is 6.11. The van der Waals surface area contributed by atoms with E-state index < -0.39 is 24.1 Å². The third-order valence-electron chi connectivity index (χ3n) is 8.65. The summed E-state index contributed by atoms with van der Waals surface area (Å²) >= 11 is 0. The third kappa shape index (κ3) is 6.68. The number of nitrogens with one attached hydrogen (secondary N) is 2. The Labute approximate surface area is 281 Å². The minimum absolute atomic E-state index is 0. The van der Waals surface area contributed by atoms with Crippen molar-refractivity contribution in [3.63, 3.8) is 0 Å². The topological polar surface area (TPSA) is 172 Å². The van der Waals surface area contributed by atoms with Crippen LogP contribution in [0.4, 0.5) is 0 Å². The van der Waals surface area contributed by atoms with Crippen LogP contribution < -0.4 is 0 Å². The molecule has 0 spiro atoms. The number of aryl methyl sites for hydroxylation is 3. The zero-order chi connectivity index (χ0) is 32.0. The number of rotatable bonds is 8. The van der Waals surface area contributed by atoms with E-state index in [0.717, 1.165) is 44.4 Å². The molecule has 5 heterocycles. The molecule has 0 saturated carbocycles. The number of carbonyl (C=O) groups is 2. The van der Waals surface area contributed by atoms with Crippen LogP contribution in [-0.4, -0.2) is 58.4 Å². The van der Waals surface area contributed by atoms with Crippen LogP contribution in [0.5, 0.6) is 0 Å². The number of hydrogen-bond donors (Lipinski definition) is 6. The van der Waals surface area contributed by atoms with Crippen molar-refractivity contribution in [3.8, 4) is 0 Å². The molecule has 45 heavy (non-hydrogen) atoms. The Kier molecular flexibility index (Phi) is 10.2. The molecule has 2 aliphatic rings. The summed E-state index contributed by atoms with van der Waals surface area (Å²) < 4.78 is 0. The fourth-order valence-electron chi connectivity index (χ4n) is 6.31. The molecule has 0 radical (unpaired) electrons. The number of fused-ring (bicyclic) bond motifs is 8. The predicted molar refractivity (Wildman–Crippen MR) is 171 cm³/mol. The minimum atomic E-state index is -0.917. The van der Waals surface area contributed by atoms with Crippen molar-refractivity contribution in [3.05, 3.63) is 69.3 Å². The van der Waals surface area contributed by atoms with E-state index in [1.165, 1.54) is 0 Å². The Hall–Kier alpha value is -3.62. The number of carboxylic acids is 2. The van der Waals surface area contributed by atoms with Gasteiger partial charge in [0.15, 0.2) is 0 Å². The summed E-state index contributed by atoms with van der Waals surface area (Å²) in [6.07, 6.45) is -1.16. The first kappa shape index (κ1) is 34.3. The van der Waals surface area contributed by atoms with E-state index in [1.807, 2.05) is 52.0 Å². The SMILES string of the molecule is CC1=C(CCC(=O)O)c2cc3[nH]c(cc4nc(cc5[nH]c(cc1n2)c(C(C)O)c5C)C(C(C)O)=C4C)c(C)c3CCC(=O)O.[Cd]. The zero-order valence-electron chi connectivity index (χ0n) is 26.5. The number of aliphatic carboxylic acids is 2. The second-order valence-corrected chi connectivity index (χ2v) is 11.7. The Morgan fingerprint density at radius 2 is 1.20 bits per heavy atom. The van der Waals surface area contributed by atoms with E-state index in [9.17, 15) is 30.0 Å². The van der Waals surface area contributed by atoms with Gasteiger partial charge in [0.05, 0.1) is 35.0 Å². The van der Waals surface area contributed by atoms with Crippen molar-refractivity contribution in [1.29, 1.82) is 0 Å². The number of aliphatic hydroxyl groups is 2. The van der Waals surface area contributed by atoms with Gasteiger partial charge >= 0.3 is 11.9 Å². The largest absolute Gasteiger partial charge is 0.481 e. The van der Waals surface area contributed by atoms with E-state index >= 15 is 0 Å². The molecule has 8 bridgehead atoms. The normalized spacial score (nSPS) is 14.4. The number of carboxylic acid groups (broad SMARTS) is 2. The van der Waals surface area contributed by atoms with Crippen molar-refractivity contribution in [2.45, 2.75) is 79.4 Å². The molecular formula is C34H38CdN4O6. The molecule has 0 saturated heterocycles. The molecule has 232 valence electrons. The number of aromatic nitrogens is 4. The smallest absolute Gasteiger partial charge is 0.303 e. The average molecular weight is 711 g/mol. The number of nitrogens with zero attached hydrogens (tertiary/aromatic N) is 2. The maximum Gasteiger partial charge on any atom is 0.303 e. The molecule has 11 heteroatoms. The standard InChI is InChI=1S/C34H38N4O6.Cd/c1-15-21(7-9-31(41)42)27-14-28-22(8-10-32(43)44)16(2)24(36-28)12-29-34(20(6)40)18(4)26(38-29)13-30-33(19(5)39)17(3)25(37-30)11-23(15)35-27;/h11-14,19-20,35,38-40H,7-10H2,1-6H3,(H,41,42)(H,43,44);. The van der Waals surface area contributed by atoms with Crippen LogP contribution in [-0.2, 0) is 43.3 Å². The molecule has 0 fully saturated rings. The first-order chi connectivity index (χ1) is 20.8. The van der Waals surface area contributed by atoms with Gasteiger partial charge in [-0.25, -0.2) is 9.97 Å². The van der Waals surface area contributed by atoms with E-state index in [0.29, 0.717) is 44.9 Å². The quantitative estimate of drug-likeness (QED) is 0.152. The van der Waals surface area contributed by atoms with Gasteiger partial charge in [0.2, 0.25) is 0 Å². The number of H-pyrrole nitrogens is 2. The minimum Gasteiger partial charge on any atom is -0.481 e. The number of allylic oxidation sites excluding steroid dienone is 3. The third-order valence-corrected chi connectivity index (χ3v) is 8.65. The van der Waals surface area contributed by atoms with E-state index in [1.54, 1.807) is 13.8 Å². The number of hydrogen-bond acceptors (Lipinski definition) is 6. The van der Waals surface area contributed by atoms with Gasteiger partial charge in [-0.05, 0) is 112 Å². The van der Waals surface area contributed by atoms with Crippen LogP contribution in [0, 0.1) is 13.8 Å². The second kappa shape index (κ2) is 13.4. The molecule has 3 aromatic heterocycles. The Balaban J connectivity index is 0.00000461. The van der Waals surface area contributed by atoms with Gasteiger partial charge in [0, 0.05) is 73.3 Å². The molecule has 10 nitrogen and oxygen atoms in total. The van der Waals surface area contributed by atoms with Crippen LogP contribution in [0.25, 0.3) is 44.4 Å². The van der Waals surface area contributed by atoms with Crippen LogP contribution >= 0.6 is 0 Å². The number of aliphatic hydroxyl groups excluding tert-OH is 2. The summed E-state index contributed by atoms with van der Waals surface area (Å²) in [6, 6.07) is 7.51. The Bertz CT molecular complexity index is 1930. The maximum absolute atomic E-state index is 11.6. The first-order valence-corrected chi connectivity index (χ1v) is 14.7. The molecule has 0 aromatic carbocycles. The van der Waals surface area contributed by atoms with Gasteiger partial charge in [-0.3, -0.25) is 9.59 Å². The first-order valence-electron chi connectivity index (χ1n) is 14.7. The summed E-state index contributed by atoms with van der Waals surface area (Å²) in [5.41, 5.74) is 11.7. The van der Waals surface area contributed by atoms with Gasteiger partial charge in [0.25, 0.3) is 0 Å². The molecule has 2 atom stereocenters. The fourth-order valence-corrected chi connectivity index (χ4v) is 6.31. The number of aromatic amines is 2. The summed E-state index contributed by atoms with van der Waals surface area (Å²) in [6.45, 7) is 11.1. The molecule has 2 unspecified atom stereocenters. The van der Waals surface area contributed by atoms with Gasteiger partial charge < -0.3 is 30.4 Å². The van der Waals surface area contributed by atoms with Gasteiger partial charge in [-0.2, -0.15) is 0 Å². The molecule has 6 N–H and O–H groups in total. The summed E-state index contributed by atoms with van der Waals surface area (Å²) in [4.78, 5) is 39.8. The summed E-state index contributed by atoms with van der Waals surface area (Å²) in [5.74, 6) is -1.83. The molecular weight excluding hydrogens is 673 g/mol. The molecule has 5 rings (SSSR count). The van der Waals surface area contributed by atoms with Crippen LogP contribution in [0.2, 0.25) is 0 Å². The van der Waals surface area contributed by atoms with Crippen molar-refractivity contribution in [1.82, 2.24) is 19.9 Å². The molecule has 2 aliphatic heterocycles. The van der Waals surface area contributed by atoms with Crippen molar-refractivity contribution in [2.24, 2.45) is 0 Å². The van der Waals surface area contributed by atoms with Crippen LogP contribution in [0.3, 0.4) is 0 Å². The Morgan fingerprint density at radius 3 is 1.82 bits per heavy atom. The summed E-state index contributed by atoms with van der Waals surface area (Å²) in [7, 11) is 0. The van der Waals surface area contributed by atoms with Gasteiger partial charge in [-0.1, -0.05) is 0 Å². The zero-order valence-corrected chi connectivity index (χ0v) is 30.5.